The van der Waals surface area contributed by atoms with Crippen LogP contribution in [0.25, 0.3) is 5.57 Å². The van der Waals surface area contributed by atoms with E-state index in [1.807, 2.05) is 13.8 Å². The molecule has 0 atom stereocenters. The molecule has 1 aromatic carbocycles. The number of halogens is 2. The van der Waals surface area contributed by atoms with Gasteiger partial charge in [0.1, 0.15) is 5.82 Å². The maximum Gasteiger partial charge on any atom is 0.278 e. The molecule has 0 aliphatic rings. The SMILES string of the molecule is C=C(C(/C(Br)=C/N)=C(/C=C(C)C)[N+](=O)[O-])c1cc(F)ccc1C.CC. The summed E-state index contributed by atoms with van der Waals surface area (Å²) in [5.74, 6) is -0.441. The minimum atomic E-state index is -0.507. The van der Waals surface area contributed by atoms with Gasteiger partial charge in [-0.15, -0.1) is 0 Å². The van der Waals surface area contributed by atoms with E-state index < -0.39 is 10.7 Å². The van der Waals surface area contributed by atoms with Crippen molar-refractivity contribution in [1.82, 2.24) is 0 Å². The molecule has 0 unspecified atom stereocenters. The highest BCUT2D eigenvalue weighted by atomic mass is 79.9. The van der Waals surface area contributed by atoms with Gasteiger partial charge in [-0.1, -0.05) is 32.1 Å². The fourth-order valence-electron chi connectivity index (χ4n) is 2.05. The maximum absolute atomic E-state index is 13.6. The summed E-state index contributed by atoms with van der Waals surface area (Å²) in [6.07, 6.45) is 2.64. The maximum atomic E-state index is 13.6. The van der Waals surface area contributed by atoms with Crippen molar-refractivity contribution in [2.45, 2.75) is 34.6 Å². The number of rotatable bonds is 5. The summed E-state index contributed by atoms with van der Waals surface area (Å²) in [7, 11) is 0. The van der Waals surface area contributed by atoms with Gasteiger partial charge in [0.05, 0.1) is 10.5 Å². The molecule has 4 nitrogen and oxygen atoms in total. The normalized spacial score (nSPS) is 11.7. The fourth-order valence-corrected chi connectivity index (χ4v) is 2.49. The van der Waals surface area contributed by atoms with Crippen molar-refractivity contribution in [1.29, 1.82) is 0 Å². The number of allylic oxidation sites excluding steroid dienone is 5. The lowest BCUT2D eigenvalue weighted by Gasteiger charge is -2.13. The van der Waals surface area contributed by atoms with Crippen LogP contribution in [0.5, 0.6) is 0 Å². The van der Waals surface area contributed by atoms with E-state index in [-0.39, 0.29) is 11.3 Å². The zero-order valence-corrected chi connectivity index (χ0v) is 16.8. The predicted molar refractivity (Wildman–Crippen MR) is 106 cm³/mol. The molecule has 0 saturated carbocycles. The van der Waals surface area contributed by atoms with Gasteiger partial charge < -0.3 is 5.73 Å². The Labute approximate surface area is 156 Å². The van der Waals surface area contributed by atoms with Gasteiger partial charge in [0.2, 0.25) is 0 Å². The third kappa shape index (κ3) is 6.31. The lowest BCUT2D eigenvalue weighted by molar-refractivity contribution is -0.419. The topological polar surface area (TPSA) is 69.2 Å². The van der Waals surface area contributed by atoms with Crippen molar-refractivity contribution in [3.8, 4) is 0 Å². The number of nitro groups is 1. The van der Waals surface area contributed by atoms with Crippen molar-refractivity contribution < 1.29 is 9.31 Å². The molecule has 0 radical (unpaired) electrons. The first kappa shape index (κ1) is 22.8. The third-order valence-corrected chi connectivity index (χ3v) is 3.75. The summed E-state index contributed by atoms with van der Waals surface area (Å²) in [5, 5.41) is 11.5. The van der Waals surface area contributed by atoms with Gasteiger partial charge in [0, 0.05) is 16.8 Å². The van der Waals surface area contributed by atoms with E-state index in [0.717, 1.165) is 11.1 Å². The van der Waals surface area contributed by atoms with Crippen LogP contribution in [0, 0.1) is 22.9 Å². The van der Waals surface area contributed by atoms with Crippen molar-refractivity contribution in [3.63, 3.8) is 0 Å². The van der Waals surface area contributed by atoms with Crippen molar-refractivity contribution >= 4 is 21.5 Å². The van der Waals surface area contributed by atoms with E-state index >= 15 is 0 Å². The molecule has 136 valence electrons. The van der Waals surface area contributed by atoms with Crippen LogP contribution < -0.4 is 5.73 Å². The largest absolute Gasteiger partial charge is 0.404 e. The van der Waals surface area contributed by atoms with Crippen LogP contribution in [0.15, 0.2) is 58.4 Å². The Bertz CT molecular complexity index is 746. The van der Waals surface area contributed by atoms with Crippen LogP contribution in [-0.4, -0.2) is 4.92 Å². The van der Waals surface area contributed by atoms with E-state index in [1.165, 1.54) is 24.4 Å². The summed E-state index contributed by atoms with van der Waals surface area (Å²) < 4.78 is 13.9. The predicted octanol–water partition coefficient (Wildman–Crippen LogP) is 5.87. The highest BCUT2D eigenvalue weighted by Crippen LogP contribution is 2.35. The Hall–Kier alpha value is -2.21. The Kier molecular flexibility index (Phi) is 9.67. The van der Waals surface area contributed by atoms with E-state index in [0.29, 0.717) is 15.6 Å². The summed E-state index contributed by atoms with van der Waals surface area (Å²) in [4.78, 5) is 11.0. The zero-order chi connectivity index (χ0) is 19.7. The first-order chi connectivity index (χ1) is 11.7. The van der Waals surface area contributed by atoms with Crippen LogP contribution >= 0.6 is 15.9 Å². The van der Waals surface area contributed by atoms with Crippen molar-refractivity contribution in [2.24, 2.45) is 5.73 Å². The molecule has 6 heteroatoms. The van der Waals surface area contributed by atoms with Gasteiger partial charge in [0.25, 0.3) is 5.70 Å². The first-order valence-corrected chi connectivity index (χ1v) is 8.55. The quantitative estimate of drug-likeness (QED) is 0.375. The third-order valence-electron chi connectivity index (χ3n) is 3.09. The molecule has 0 aromatic heterocycles. The Morgan fingerprint density at radius 1 is 1.36 bits per heavy atom. The molecular formula is C19H24BrFN2O2. The number of hydrogen-bond donors (Lipinski definition) is 1. The van der Waals surface area contributed by atoms with E-state index in [2.05, 4.69) is 22.5 Å². The molecule has 1 rings (SSSR count). The molecule has 0 aliphatic heterocycles. The van der Waals surface area contributed by atoms with Crippen molar-refractivity contribution in [3.05, 3.63) is 85.4 Å². The fraction of sp³-hybridized carbons (Fsp3) is 0.263. The highest BCUT2D eigenvalue weighted by molar-refractivity contribution is 9.12. The second-order valence-corrected chi connectivity index (χ2v) is 6.05. The number of nitrogens with two attached hydrogens (primary N) is 1. The minimum absolute atomic E-state index is 0.160. The molecule has 0 spiro atoms. The molecule has 0 bridgehead atoms. The molecule has 2 N–H and O–H groups in total. The van der Waals surface area contributed by atoms with Crippen LogP contribution in [0.3, 0.4) is 0 Å². The molecule has 0 amide bonds. The minimum Gasteiger partial charge on any atom is -0.404 e. The smallest absolute Gasteiger partial charge is 0.278 e. The summed E-state index contributed by atoms with van der Waals surface area (Å²) in [6.45, 7) is 13.2. The Morgan fingerprint density at radius 2 is 1.92 bits per heavy atom. The summed E-state index contributed by atoms with van der Waals surface area (Å²) in [6, 6.07) is 4.22. The van der Waals surface area contributed by atoms with Crippen LogP contribution in [-0.2, 0) is 0 Å². The van der Waals surface area contributed by atoms with Crippen molar-refractivity contribution in [2.75, 3.05) is 0 Å². The summed E-state index contributed by atoms with van der Waals surface area (Å²) in [5.41, 5.74) is 7.89. The van der Waals surface area contributed by atoms with Crippen LogP contribution in [0.4, 0.5) is 4.39 Å². The number of hydrogen-bond acceptors (Lipinski definition) is 3. The van der Waals surface area contributed by atoms with Crippen LogP contribution in [0.1, 0.15) is 38.8 Å². The number of nitrogens with zero attached hydrogens (tertiary/aromatic N) is 1. The number of aryl methyl sites for hydroxylation is 1. The van der Waals surface area contributed by atoms with Gasteiger partial charge in [-0.25, -0.2) is 4.39 Å². The molecule has 0 fully saturated rings. The molecule has 0 saturated heterocycles. The second kappa shape index (κ2) is 10.6. The van der Waals surface area contributed by atoms with E-state index in [9.17, 15) is 14.5 Å². The lowest BCUT2D eigenvalue weighted by Crippen LogP contribution is -2.05. The Morgan fingerprint density at radius 3 is 2.36 bits per heavy atom. The summed E-state index contributed by atoms with van der Waals surface area (Å²) >= 11 is 3.23. The molecule has 25 heavy (non-hydrogen) atoms. The number of benzene rings is 1. The van der Waals surface area contributed by atoms with E-state index in [1.54, 1.807) is 26.8 Å². The highest BCUT2D eigenvalue weighted by Gasteiger charge is 2.23. The molecule has 0 aliphatic carbocycles. The molecule has 0 heterocycles. The zero-order valence-electron chi connectivity index (χ0n) is 15.2. The van der Waals surface area contributed by atoms with Gasteiger partial charge in [-0.3, -0.25) is 10.1 Å². The van der Waals surface area contributed by atoms with Gasteiger partial charge in [0.15, 0.2) is 0 Å². The van der Waals surface area contributed by atoms with Crippen LogP contribution in [0.2, 0.25) is 0 Å². The monoisotopic (exact) mass is 410 g/mol. The van der Waals surface area contributed by atoms with Gasteiger partial charge in [-0.05, 0) is 65.5 Å². The Balaban J connectivity index is 0.00000277. The molecular weight excluding hydrogens is 387 g/mol. The average molecular weight is 411 g/mol. The molecule has 1 aromatic rings. The average Bonchev–Trinajstić information content (AvgIpc) is 2.57. The lowest BCUT2D eigenvalue weighted by atomic mass is 9.93. The van der Waals surface area contributed by atoms with Gasteiger partial charge in [-0.2, -0.15) is 0 Å². The van der Waals surface area contributed by atoms with Gasteiger partial charge >= 0.3 is 0 Å². The second-order valence-electron chi connectivity index (χ2n) is 5.19. The standard InChI is InChI=1S/C17H18BrFN2O2.C2H6/c1-10(2)7-16(21(22)23)17(15(18)9-20)12(4)14-8-13(19)6-5-11(14)3;1-2/h5-9H,4,20H2,1-3H3;1-2H3/b15-9-,17-16+;. The first-order valence-electron chi connectivity index (χ1n) is 7.76. The van der Waals surface area contributed by atoms with E-state index in [4.69, 9.17) is 5.73 Å².